The van der Waals surface area contributed by atoms with Gasteiger partial charge in [0.25, 0.3) is 0 Å². The molecule has 20 heavy (non-hydrogen) atoms. The molecular formula is C15H14BrFN2O. The van der Waals surface area contributed by atoms with Gasteiger partial charge in [0.1, 0.15) is 11.6 Å². The van der Waals surface area contributed by atoms with Gasteiger partial charge >= 0.3 is 0 Å². The number of pyridine rings is 1. The molecule has 1 atom stereocenters. The number of benzene rings is 1. The summed E-state index contributed by atoms with van der Waals surface area (Å²) in [6.07, 6.45) is 2.73. The quantitative estimate of drug-likeness (QED) is 0.936. The van der Waals surface area contributed by atoms with Gasteiger partial charge in [-0.2, -0.15) is 0 Å². The average Bonchev–Trinajstić information content (AvgIpc) is 2.87. The molecule has 5 heteroatoms. The molecule has 0 amide bonds. The molecule has 0 saturated heterocycles. The van der Waals surface area contributed by atoms with Crippen molar-refractivity contribution >= 4 is 15.9 Å². The molecule has 0 fully saturated rings. The number of ether oxygens (including phenoxy) is 1. The third-order valence-electron chi connectivity index (χ3n) is 3.40. The number of hydrogen-bond acceptors (Lipinski definition) is 3. The monoisotopic (exact) mass is 336 g/mol. The summed E-state index contributed by atoms with van der Waals surface area (Å²) in [5.41, 5.74) is 9.11. The smallest absolute Gasteiger partial charge is 0.141 e. The maximum Gasteiger partial charge on any atom is 0.141 e. The highest BCUT2D eigenvalue weighted by molar-refractivity contribution is 9.10. The van der Waals surface area contributed by atoms with Crippen molar-refractivity contribution in [1.82, 2.24) is 4.98 Å². The molecule has 0 saturated carbocycles. The topological polar surface area (TPSA) is 48.1 Å². The predicted octanol–water partition coefficient (Wildman–Crippen LogP) is 3.16. The molecule has 2 aromatic rings. The molecule has 0 spiro atoms. The van der Waals surface area contributed by atoms with E-state index < -0.39 is 0 Å². The molecule has 1 aliphatic rings. The van der Waals surface area contributed by atoms with E-state index >= 15 is 0 Å². The van der Waals surface area contributed by atoms with Crippen LogP contribution in [0.1, 0.15) is 22.9 Å². The highest BCUT2D eigenvalue weighted by atomic mass is 79.9. The molecule has 0 aliphatic carbocycles. The first-order valence-corrected chi connectivity index (χ1v) is 7.24. The minimum atomic E-state index is -0.354. The van der Waals surface area contributed by atoms with E-state index in [4.69, 9.17) is 10.5 Å². The van der Waals surface area contributed by atoms with Gasteiger partial charge in [0, 0.05) is 10.9 Å². The second-order valence-corrected chi connectivity index (χ2v) is 5.78. The van der Waals surface area contributed by atoms with Gasteiger partial charge in [-0.1, -0.05) is 15.9 Å². The lowest BCUT2D eigenvalue weighted by Crippen LogP contribution is -2.15. The van der Waals surface area contributed by atoms with Gasteiger partial charge in [-0.15, -0.1) is 0 Å². The van der Waals surface area contributed by atoms with Gasteiger partial charge in [-0.25, -0.2) is 4.39 Å². The number of nitrogens with zero attached hydrogens (tertiary/aromatic N) is 1. The second kappa shape index (κ2) is 5.50. The Kier molecular flexibility index (Phi) is 3.72. The van der Waals surface area contributed by atoms with Crippen LogP contribution >= 0.6 is 15.9 Å². The Balaban J connectivity index is 1.86. The minimum absolute atomic E-state index is 0.279. The van der Waals surface area contributed by atoms with E-state index in [-0.39, 0.29) is 11.9 Å². The second-order valence-electron chi connectivity index (χ2n) is 4.86. The van der Waals surface area contributed by atoms with Crippen LogP contribution in [0.4, 0.5) is 4.39 Å². The molecule has 0 radical (unpaired) electrons. The van der Waals surface area contributed by atoms with Gasteiger partial charge < -0.3 is 10.5 Å². The highest BCUT2D eigenvalue weighted by Gasteiger charge is 2.20. The summed E-state index contributed by atoms with van der Waals surface area (Å²) in [5.74, 6) is 0.582. The van der Waals surface area contributed by atoms with Crippen LogP contribution in [0.25, 0.3) is 0 Å². The first-order chi connectivity index (χ1) is 9.63. The zero-order chi connectivity index (χ0) is 14.1. The van der Waals surface area contributed by atoms with Crippen LogP contribution in [0.3, 0.4) is 0 Å². The van der Waals surface area contributed by atoms with Gasteiger partial charge in [0.2, 0.25) is 0 Å². The number of nitrogens with two attached hydrogens (primary N) is 1. The number of rotatable bonds is 3. The molecule has 0 bridgehead atoms. The largest absolute Gasteiger partial charge is 0.493 e. The van der Waals surface area contributed by atoms with E-state index in [1.807, 2.05) is 6.07 Å². The maximum absolute atomic E-state index is 12.9. The molecule has 3 nitrogen and oxygen atoms in total. The summed E-state index contributed by atoms with van der Waals surface area (Å²) >= 11 is 3.51. The molecule has 104 valence electrons. The van der Waals surface area contributed by atoms with Crippen molar-refractivity contribution in [1.29, 1.82) is 0 Å². The summed E-state index contributed by atoms with van der Waals surface area (Å²) in [6.45, 7) is 0.711. The van der Waals surface area contributed by atoms with E-state index in [9.17, 15) is 4.39 Å². The Bertz CT molecular complexity index is 631. The predicted molar refractivity (Wildman–Crippen MR) is 78.2 cm³/mol. The Morgan fingerprint density at radius 2 is 2.25 bits per heavy atom. The van der Waals surface area contributed by atoms with Crippen molar-refractivity contribution in [2.45, 2.75) is 18.9 Å². The van der Waals surface area contributed by atoms with Crippen molar-refractivity contribution < 1.29 is 9.13 Å². The molecule has 1 aromatic carbocycles. The van der Waals surface area contributed by atoms with E-state index in [2.05, 4.69) is 27.0 Å². The number of hydrogen-bond donors (Lipinski definition) is 1. The lowest BCUT2D eigenvalue weighted by molar-refractivity contribution is 0.352. The van der Waals surface area contributed by atoms with Crippen LogP contribution in [-0.2, 0) is 12.8 Å². The average molecular weight is 337 g/mol. The first kappa shape index (κ1) is 13.5. The van der Waals surface area contributed by atoms with E-state index in [1.54, 1.807) is 6.07 Å². The zero-order valence-electron chi connectivity index (χ0n) is 10.8. The van der Waals surface area contributed by atoms with Crippen molar-refractivity contribution in [3.05, 3.63) is 57.6 Å². The summed E-state index contributed by atoms with van der Waals surface area (Å²) in [5, 5.41) is 0. The van der Waals surface area contributed by atoms with Gasteiger partial charge in [0.15, 0.2) is 0 Å². The number of fused-ring (bicyclic) bond motifs is 1. The SMILES string of the molecule is NC(Cc1cc(Br)cc2c1OCC2)c1ccc(F)cn1. The lowest BCUT2D eigenvalue weighted by Gasteiger charge is -2.14. The Morgan fingerprint density at radius 1 is 1.40 bits per heavy atom. The molecular weight excluding hydrogens is 323 g/mol. The van der Waals surface area contributed by atoms with Crippen molar-refractivity contribution in [3.8, 4) is 5.75 Å². The zero-order valence-corrected chi connectivity index (χ0v) is 12.4. The third kappa shape index (κ3) is 2.69. The van der Waals surface area contributed by atoms with Crippen molar-refractivity contribution in [2.75, 3.05) is 6.61 Å². The summed E-state index contributed by atoms with van der Waals surface area (Å²) in [6, 6.07) is 6.82. The fraction of sp³-hybridized carbons (Fsp3) is 0.267. The number of aromatic nitrogens is 1. The Morgan fingerprint density at radius 3 is 3.00 bits per heavy atom. The van der Waals surface area contributed by atoms with Crippen molar-refractivity contribution in [3.63, 3.8) is 0 Å². The fourth-order valence-electron chi connectivity index (χ4n) is 2.45. The minimum Gasteiger partial charge on any atom is -0.493 e. The normalized spacial score (nSPS) is 14.8. The van der Waals surface area contributed by atoms with Gasteiger partial charge in [-0.05, 0) is 41.8 Å². The fourth-order valence-corrected chi connectivity index (χ4v) is 3.00. The van der Waals surface area contributed by atoms with Crippen LogP contribution in [0.15, 0.2) is 34.9 Å². The standard InChI is InChI=1S/C15H14BrFN2O/c16-11-5-9-3-4-20-15(9)10(6-11)7-13(18)14-2-1-12(17)8-19-14/h1-2,5-6,8,13H,3-4,7,18H2. The molecule has 1 aromatic heterocycles. The highest BCUT2D eigenvalue weighted by Crippen LogP contribution is 2.34. The van der Waals surface area contributed by atoms with Gasteiger partial charge in [-0.3, -0.25) is 4.98 Å². The summed E-state index contributed by atoms with van der Waals surface area (Å²) in [7, 11) is 0. The van der Waals surface area contributed by atoms with Crippen LogP contribution in [0, 0.1) is 5.82 Å². The van der Waals surface area contributed by atoms with Crippen LogP contribution in [-0.4, -0.2) is 11.6 Å². The summed E-state index contributed by atoms with van der Waals surface area (Å²) < 4.78 is 19.6. The first-order valence-electron chi connectivity index (χ1n) is 6.44. The van der Waals surface area contributed by atoms with Crippen LogP contribution < -0.4 is 10.5 Å². The van der Waals surface area contributed by atoms with Gasteiger partial charge in [0.05, 0.1) is 24.5 Å². The Hall–Kier alpha value is -1.46. The van der Waals surface area contributed by atoms with E-state index in [0.717, 1.165) is 22.2 Å². The van der Waals surface area contributed by atoms with E-state index in [0.29, 0.717) is 18.7 Å². The van der Waals surface area contributed by atoms with Crippen LogP contribution in [0.2, 0.25) is 0 Å². The number of halogens is 2. The molecule has 1 aliphatic heterocycles. The van der Waals surface area contributed by atoms with Crippen LogP contribution in [0.5, 0.6) is 5.75 Å². The molecule has 2 N–H and O–H groups in total. The Labute approximate surface area is 125 Å². The molecule has 1 unspecified atom stereocenters. The lowest BCUT2D eigenvalue weighted by atomic mass is 10.00. The third-order valence-corrected chi connectivity index (χ3v) is 3.85. The van der Waals surface area contributed by atoms with Crippen molar-refractivity contribution in [2.24, 2.45) is 5.73 Å². The molecule has 2 heterocycles. The maximum atomic E-state index is 12.9. The summed E-state index contributed by atoms with van der Waals surface area (Å²) in [4.78, 5) is 4.04. The molecule has 3 rings (SSSR count). The van der Waals surface area contributed by atoms with E-state index in [1.165, 1.54) is 17.8 Å².